The summed E-state index contributed by atoms with van der Waals surface area (Å²) in [5.41, 5.74) is 1.94. The Morgan fingerprint density at radius 3 is 2.32 bits per heavy atom. The van der Waals surface area contributed by atoms with Gasteiger partial charge in [-0.3, -0.25) is 4.79 Å². The van der Waals surface area contributed by atoms with Gasteiger partial charge in [-0.2, -0.15) is 0 Å². The standard InChI is InChI=1S/C21H27NO5S/c1-6-11-28(24,25)20-10-8-7-9-16(20)21(23)22-15(3)17-13-19(27-5)18(26-4)12-14(17)2/h7-10,12-13,15H,6,11H2,1-5H3,(H,22,23)/t15-/m0/s1. The molecule has 0 heterocycles. The average molecular weight is 406 g/mol. The zero-order chi connectivity index (χ0) is 20.9. The SMILES string of the molecule is CCCS(=O)(=O)c1ccccc1C(=O)N[C@@H](C)c1cc(OC)c(OC)cc1C. The monoisotopic (exact) mass is 405 g/mol. The molecule has 0 aliphatic rings. The summed E-state index contributed by atoms with van der Waals surface area (Å²) < 4.78 is 35.7. The zero-order valence-corrected chi connectivity index (χ0v) is 17.7. The van der Waals surface area contributed by atoms with Gasteiger partial charge in [0.25, 0.3) is 5.91 Å². The van der Waals surface area contributed by atoms with Crippen molar-refractivity contribution in [3.8, 4) is 11.5 Å². The molecule has 0 saturated heterocycles. The molecule has 0 saturated carbocycles. The molecule has 1 atom stereocenters. The highest BCUT2D eigenvalue weighted by Gasteiger charge is 2.23. The Morgan fingerprint density at radius 1 is 1.11 bits per heavy atom. The molecule has 7 heteroatoms. The Morgan fingerprint density at radius 2 is 1.71 bits per heavy atom. The number of aryl methyl sites for hydroxylation is 1. The van der Waals surface area contributed by atoms with Crippen molar-refractivity contribution in [1.29, 1.82) is 0 Å². The first-order chi connectivity index (χ1) is 13.2. The molecule has 0 spiro atoms. The molecule has 0 fully saturated rings. The van der Waals surface area contributed by atoms with Crippen LogP contribution in [0, 0.1) is 6.92 Å². The van der Waals surface area contributed by atoms with E-state index in [1.165, 1.54) is 12.1 Å². The first kappa shape index (κ1) is 21.8. The fourth-order valence-electron chi connectivity index (χ4n) is 3.12. The van der Waals surface area contributed by atoms with Gasteiger partial charge in [0.15, 0.2) is 21.3 Å². The molecule has 2 rings (SSSR count). The highest BCUT2D eigenvalue weighted by atomic mass is 32.2. The van der Waals surface area contributed by atoms with Crippen molar-refractivity contribution >= 4 is 15.7 Å². The number of rotatable bonds is 8. The minimum atomic E-state index is -3.51. The molecule has 1 amide bonds. The van der Waals surface area contributed by atoms with Gasteiger partial charge in [-0.1, -0.05) is 19.1 Å². The molecule has 152 valence electrons. The van der Waals surface area contributed by atoms with Crippen LogP contribution in [-0.4, -0.2) is 34.3 Å². The summed E-state index contributed by atoms with van der Waals surface area (Å²) in [5, 5.41) is 2.90. The number of methoxy groups -OCH3 is 2. The van der Waals surface area contributed by atoms with E-state index in [1.807, 2.05) is 26.0 Å². The number of sulfone groups is 1. The van der Waals surface area contributed by atoms with Crippen molar-refractivity contribution in [2.24, 2.45) is 0 Å². The number of amides is 1. The molecule has 0 aliphatic carbocycles. The maximum absolute atomic E-state index is 12.9. The predicted octanol–water partition coefficient (Wildman–Crippen LogP) is 3.69. The highest BCUT2D eigenvalue weighted by molar-refractivity contribution is 7.91. The fourth-order valence-corrected chi connectivity index (χ4v) is 4.66. The molecule has 2 aromatic rings. The summed E-state index contributed by atoms with van der Waals surface area (Å²) in [4.78, 5) is 12.9. The zero-order valence-electron chi connectivity index (χ0n) is 16.9. The Kier molecular flexibility index (Phi) is 7.07. The number of ether oxygens (including phenoxy) is 2. The van der Waals surface area contributed by atoms with Crippen molar-refractivity contribution in [1.82, 2.24) is 5.32 Å². The summed E-state index contributed by atoms with van der Waals surface area (Å²) >= 11 is 0. The second-order valence-electron chi connectivity index (χ2n) is 6.57. The van der Waals surface area contributed by atoms with Gasteiger partial charge in [0, 0.05) is 0 Å². The van der Waals surface area contributed by atoms with Gasteiger partial charge < -0.3 is 14.8 Å². The van der Waals surface area contributed by atoms with Crippen LogP contribution < -0.4 is 14.8 Å². The second kappa shape index (κ2) is 9.10. The summed E-state index contributed by atoms with van der Waals surface area (Å²) in [7, 11) is -0.396. The summed E-state index contributed by atoms with van der Waals surface area (Å²) in [6.45, 7) is 5.55. The van der Waals surface area contributed by atoms with Gasteiger partial charge in [0.1, 0.15) is 0 Å². The molecule has 0 bridgehead atoms. The number of hydrogen-bond donors (Lipinski definition) is 1. The fraction of sp³-hybridized carbons (Fsp3) is 0.381. The van der Waals surface area contributed by atoms with Crippen LogP contribution in [0.4, 0.5) is 0 Å². The predicted molar refractivity (Wildman–Crippen MR) is 109 cm³/mol. The van der Waals surface area contributed by atoms with Crippen LogP contribution in [0.2, 0.25) is 0 Å². The molecule has 6 nitrogen and oxygen atoms in total. The maximum Gasteiger partial charge on any atom is 0.253 e. The Hall–Kier alpha value is -2.54. The molecule has 1 N–H and O–H groups in total. The van der Waals surface area contributed by atoms with Crippen molar-refractivity contribution in [2.75, 3.05) is 20.0 Å². The third-order valence-electron chi connectivity index (χ3n) is 4.53. The van der Waals surface area contributed by atoms with Crippen molar-refractivity contribution in [3.63, 3.8) is 0 Å². The van der Waals surface area contributed by atoms with Crippen LogP contribution in [0.25, 0.3) is 0 Å². The Bertz CT molecular complexity index is 953. The van der Waals surface area contributed by atoms with Gasteiger partial charge in [-0.15, -0.1) is 0 Å². The molecule has 0 unspecified atom stereocenters. The van der Waals surface area contributed by atoms with Crippen LogP contribution >= 0.6 is 0 Å². The number of hydrogen-bond acceptors (Lipinski definition) is 5. The topological polar surface area (TPSA) is 81.7 Å². The normalized spacial score (nSPS) is 12.3. The molecular weight excluding hydrogens is 378 g/mol. The third-order valence-corrected chi connectivity index (χ3v) is 6.50. The van der Waals surface area contributed by atoms with Crippen LogP contribution in [0.15, 0.2) is 41.3 Å². The third kappa shape index (κ3) is 4.65. The van der Waals surface area contributed by atoms with Crippen LogP contribution in [-0.2, 0) is 9.84 Å². The molecule has 2 aromatic carbocycles. The summed E-state index contributed by atoms with van der Waals surface area (Å²) in [6, 6.07) is 9.61. The van der Waals surface area contributed by atoms with E-state index in [4.69, 9.17) is 9.47 Å². The highest BCUT2D eigenvalue weighted by Crippen LogP contribution is 2.33. The lowest BCUT2D eigenvalue weighted by molar-refractivity contribution is 0.0936. The van der Waals surface area contributed by atoms with Crippen molar-refractivity contribution in [2.45, 2.75) is 38.1 Å². The number of carbonyl (C=O) groups is 1. The minimum Gasteiger partial charge on any atom is -0.493 e. The van der Waals surface area contributed by atoms with Crippen molar-refractivity contribution < 1.29 is 22.7 Å². The first-order valence-corrected chi connectivity index (χ1v) is 10.8. The van der Waals surface area contributed by atoms with Gasteiger partial charge in [0.05, 0.1) is 36.5 Å². The lowest BCUT2D eigenvalue weighted by Gasteiger charge is -2.20. The van der Waals surface area contributed by atoms with Crippen molar-refractivity contribution in [3.05, 3.63) is 53.1 Å². The summed E-state index contributed by atoms with van der Waals surface area (Å²) in [5.74, 6) is 0.743. The first-order valence-electron chi connectivity index (χ1n) is 9.10. The molecule has 28 heavy (non-hydrogen) atoms. The summed E-state index contributed by atoms with van der Waals surface area (Å²) in [6.07, 6.45) is 0.486. The van der Waals surface area contributed by atoms with E-state index in [9.17, 15) is 13.2 Å². The smallest absolute Gasteiger partial charge is 0.253 e. The van der Waals surface area contributed by atoms with E-state index in [2.05, 4.69) is 5.32 Å². The van der Waals surface area contributed by atoms with Gasteiger partial charge in [0.2, 0.25) is 0 Å². The average Bonchev–Trinajstić information content (AvgIpc) is 2.67. The van der Waals surface area contributed by atoms with Gasteiger partial charge in [-0.05, 0) is 55.7 Å². The van der Waals surface area contributed by atoms with E-state index < -0.39 is 15.7 Å². The lowest BCUT2D eigenvalue weighted by atomic mass is 10.0. The van der Waals surface area contributed by atoms with E-state index in [-0.39, 0.29) is 22.3 Å². The lowest BCUT2D eigenvalue weighted by Crippen LogP contribution is -2.28. The van der Waals surface area contributed by atoms with Gasteiger partial charge >= 0.3 is 0 Å². The maximum atomic E-state index is 12.9. The van der Waals surface area contributed by atoms with Crippen LogP contribution in [0.3, 0.4) is 0 Å². The van der Waals surface area contributed by atoms with E-state index in [0.717, 1.165) is 11.1 Å². The Labute approximate surface area is 166 Å². The van der Waals surface area contributed by atoms with E-state index in [0.29, 0.717) is 17.9 Å². The van der Waals surface area contributed by atoms with E-state index >= 15 is 0 Å². The molecular formula is C21H27NO5S. The largest absolute Gasteiger partial charge is 0.493 e. The number of nitrogens with one attached hydrogen (secondary N) is 1. The number of carbonyl (C=O) groups excluding carboxylic acids is 1. The quantitative estimate of drug-likeness (QED) is 0.724. The second-order valence-corrected chi connectivity index (χ2v) is 8.65. The van der Waals surface area contributed by atoms with Gasteiger partial charge in [-0.25, -0.2) is 8.42 Å². The van der Waals surface area contributed by atoms with E-state index in [1.54, 1.807) is 33.3 Å². The Balaban J connectivity index is 2.34. The molecule has 0 radical (unpaired) electrons. The minimum absolute atomic E-state index is 0.00162. The van der Waals surface area contributed by atoms with Crippen LogP contribution in [0.1, 0.15) is 47.8 Å². The van der Waals surface area contributed by atoms with Crippen LogP contribution in [0.5, 0.6) is 11.5 Å². The molecule has 0 aliphatic heterocycles. The number of benzene rings is 2. The molecule has 0 aromatic heterocycles.